The number of carbonyl (C=O) groups is 2. The van der Waals surface area contributed by atoms with Gasteiger partial charge in [0.1, 0.15) is 0 Å². The van der Waals surface area contributed by atoms with E-state index in [2.05, 4.69) is 39.1 Å². The lowest BCUT2D eigenvalue weighted by atomic mass is 9.46. The summed E-state index contributed by atoms with van der Waals surface area (Å²) in [5.74, 6) is -0.142. The van der Waals surface area contributed by atoms with Crippen molar-refractivity contribution in [3.05, 3.63) is 35.1 Å². The van der Waals surface area contributed by atoms with Crippen molar-refractivity contribution < 1.29 is 22.6 Å². The highest BCUT2D eigenvalue weighted by molar-refractivity contribution is 7.85. The van der Waals surface area contributed by atoms with Gasteiger partial charge in [0.2, 0.25) is 5.78 Å². The average molecular weight is 436 g/mol. The third-order valence-corrected chi connectivity index (χ3v) is 8.72. The minimum Gasteiger partial charge on any atom is -0.381 e. The predicted octanol–water partition coefficient (Wildman–Crippen LogP) is 3.61. The lowest BCUT2D eigenvalue weighted by Crippen LogP contribution is -2.50. The molecule has 4 atom stereocenters. The molecule has 3 aliphatic carbocycles. The van der Waals surface area contributed by atoms with E-state index in [0.717, 1.165) is 25.7 Å². The summed E-state index contributed by atoms with van der Waals surface area (Å²) in [6.07, 6.45) is 10.0. The predicted molar refractivity (Wildman–Crippen MR) is 116 cm³/mol. The van der Waals surface area contributed by atoms with E-state index in [9.17, 15) is 18.0 Å². The Hall–Kier alpha value is -1.73. The van der Waals surface area contributed by atoms with E-state index >= 15 is 0 Å². The van der Waals surface area contributed by atoms with Crippen molar-refractivity contribution in [2.45, 2.75) is 59.8 Å². The van der Waals surface area contributed by atoms with E-state index in [0.29, 0.717) is 23.8 Å². The number of rotatable bonds is 6. The van der Waals surface area contributed by atoms with Gasteiger partial charge in [0.05, 0.1) is 11.4 Å². The summed E-state index contributed by atoms with van der Waals surface area (Å²) in [7, 11) is -4.13. The molecule has 1 fully saturated rings. The van der Waals surface area contributed by atoms with Crippen LogP contribution in [0.2, 0.25) is 0 Å². The molecule has 6 nitrogen and oxygen atoms in total. The average Bonchev–Trinajstić information content (AvgIpc) is 2.64. The number of hydrogen-bond donors (Lipinski definition) is 2. The van der Waals surface area contributed by atoms with Gasteiger partial charge in [-0.15, -0.1) is 0 Å². The van der Waals surface area contributed by atoms with Crippen LogP contribution in [0.1, 0.15) is 59.8 Å². The summed E-state index contributed by atoms with van der Waals surface area (Å²) in [4.78, 5) is 25.4. The van der Waals surface area contributed by atoms with E-state index < -0.39 is 15.9 Å². The Balaban J connectivity index is 1.78. The Bertz CT molecular complexity index is 945. The van der Waals surface area contributed by atoms with Crippen molar-refractivity contribution in [1.82, 2.24) is 5.32 Å². The molecule has 0 saturated heterocycles. The van der Waals surface area contributed by atoms with Crippen molar-refractivity contribution in [2.75, 3.05) is 12.3 Å². The zero-order valence-electron chi connectivity index (χ0n) is 18.3. The van der Waals surface area contributed by atoms with Gasteiger partial charge in [0, 0.05) is 18.2 Å². The first-order valence-electron chi connectivity index (χ1n) is 10.7. The van der Waals surface area contributed by atoms with Crippen LogP contribution in [0.15, 0.2) is 35.1 Å². The van der Waals surface area contributed by atoms with Crippen LogP contribution >= 0.6 is 0 Å². The Labute approximate surface area is 179 Å². The SMILES string of the molecule is CC1=CCC[C@H]2[C@](C)(CC3=CC(=O)C(NCCS(=O)(=O)O)=CC3=O)[C@@H](C)CC[C@]12C. The van der Waals surface area contributed by atoms with Crippen molar-refractivity contribution in [2.24, 2.45) is 22.7 Å². The summed E-state index contributed by atoms with van der Waals surface area (Å²) < 4.78 is 30.5. The quantitative estimate of drug-likeness (QED) is 0.375. The first-order chi connectivity index (χ1) is 13.9. The van der Waals surface area contributed by atoms with E-state index in [1.165, 1.54) is 17.7 Å². The van der Waals surface area contributed by atoms with Crippen LogP contribution in [0.3, 0.4) is 0 Å². The summed E-state index contributed by atoms with van der Waals surface area (Å²) in [6, 6.07) is 0. The largest absolute Gasteiger partial charge is 0.381 e. The van der Waals surface area contributed by atoms with Crippen LogP contribution in [0.4, 0.5) is 0 Å². The molecule has 30 heavy (non-hydrogen) atoms. The second-order valence-electron chi connectivity index (χ2n) is 9.73. The third kappa shape index (κ3) is 4.33. The lowest BCUT2D eigenvalue weighted by molar-refractivity contribution is -0.116. The van der Waals surface area contributed by atoms with Crippen LogP contribution < -0.4 is 5.32 Å². The molecule has 0 aromatic carbocycles. The number of nitrogens with one attached hydrogen (secondary N) is 1. The molecule has 0 bridgehead atoms. The van der Waals surface area contributed by atoms with Crippen molar-refractivity contribution >= 4 is 21.7 Å². The molecule has 1 saturated carbocycles. The Morgan fingerprint density at radius 3 is 2.53 bits per heavy atom. The van der Waals surface area contributed by atoms with Crippen LogP contribution in [0.25, 0.3) is 0 Å². The van der Waals surface area contributed by atoms with Gasteiger partial charge in [-0.1, -0.05) is 32.4 Å². The molecule has 2 N–H and O–H groups in total. The zero-order chi connectivity index (χ0) is 22.3. The van der Waals surface area contributed by atoms with Gasteiger partial charge in [-0.3, -0.25) is 14.1 Å². The Kier molecular flexibility index (Phi) is 6.18. The fourth-order valence-corrected chi connectivity index (χ4v) is 6.17. The maximum Gasteiger partial charge on any atom is 0.266 e. The lowest BCUT2D eigenvalue weighted by Gasteiger charge is -2.58. The fraction of sp³-hybridized carbons (Fsp3) is 0.652. The first kappa shape index (κ1) is 22.9. The van der Waals surface area contributed by atoms with Crippen molar-refractivity contribution in [3.8, 4) is 0 Å². The van der Waals surface area contributed by atoms with Gasteiger partial charge in [0.15, 0.2) is 5.78 Å². The summed E-state index contributed by atoms with van der Waals surface area (Å²) in [6.45, 7) is 8.99. The molecule has 0 heterocycles. The van der Waals surface area contributed by atoms with Gasteiger partial charge >= 0.3 is 0 Å². The minimum absolute atomic E-state index is 0.0754. The van der Waals surface area contributed by atoms with Gasteiger partial charge in [-0.05, 0) is 67.8 Å². The molecule has 0 amide bonds. The highest BCUT2D eigenvalue weighted by Gasteiger charge is 2.53. The number of carbonyl (C=O) groups excluding carboxylic acids is 2. The molecular formula is C23H33NO5S. The maximum atomic E-state index is 12.8. The topological polar surface area (TPSA) is 101 Å². The molecule has 3 rings (SSSR count). The standard InChI is InChI=1S/C23H33NO5S/c1-15-6-5-7-21-22(15,3)9-8-16(2)23(21,4)14-17-12-20(26)18(13-19(17)25)24-10-11-30(27,28)29/h6,12-13,16,21,24H,5,7-11,14H2,1-4H3,(H,27,28,29)/t16-,21+,22+,23+/m0/s1. The molecule has 0 aromatic rings. The molecule has 0 aromatic heterocycles. The highest BCUT2D eigenvalue weighted by Crippen LogP contribution is 2.62. The molecule has 0 unspecified atom stereocenters. The summed E-state index contributed by atoms with van der Waals surface area (Å²) in [5.41, 5.74) is 2.12. The van der Waals surface area contributed by atoms with Crippen molar-refractivity contribution in [1.29, 1.82) is 0 Å². The summed E-state index contributed by atoms with van der Waals surface area (Å²) in [5, 5.41) is 2.66. The van der Waals surface area contributed by atoms with E-state index in [4.69, 9.17) is 4.55 Å². The number of allylic oxidation sites excluding steroid dienone is 5. The van der Waals surface area contributed by atoms with Crippen LogP contribution in [-0.2, 0) is 19.7 Å². The van der Waals surface area contributed by atoms with Crippen LogP contribution in [-0.4, -0.2) is 36.8 Å². The normalized spacial score (nSPS) is 34.6. The number of ketones is 2. The molecule has 0 spiro atoms. The second-order valence-corrected chi connectivity index (χ2v) is 11.3. The minimum atomic E-state index is -4.13. The van der Waals surface area contributed by atoms with E-state index in [-0.39, 0.29) is 34.6 Å². The Morgan fingerprint density at radius 2 is 1.87 bits per heavy atom. The molecule has 3 aliphatic rings. The first-order valence-corrected chi connectivity index (χ1v) is 12.3. The van der Waals surface area contributed by atoms with E-state index in [1.54, 1.807) is 0 Å². The third-order valence-electron chi connectivity index (χ3n) is 8.00. The Morgan fingerprint density at radius 1 is 1.17 bits per heavy atom. The molecule has 7 heteroatoms. The van der Waals surface area contributed by atoms with Crippen molar-refractivity contribution in [3.63, 3.8) is 0 Å². The van der Waals surface area contributed by atoms with Crippen LogP contribution in [0, 0.1) is 22.7 Å². The smallest absolute Gasteiger partial charge is 0.266 e. The molecule has 0 radical (unpaired) electrons. The zero-order valence-corrected chi connectivity index (χ0v) is 19.1. The number of fused-ring (bicyclic) bond motifs is 1. The van der Waals surface area contributed by atoms with E-state index in [1.807, 2.05) is 0 Å². The second kappa shape index (κ2) is 8.08. The monoisotopic (exact) mass is 435 g/mol. The van der Waals surface area contributed by atoms with Gasteiger partial charge in [-0.2, -0.15) is 8.42 Å². The molecule has 0 aliphatic heterocycles. The van der Waals surface area contributed by atoms with Gasteiger partial charge in [0.25, 0.3) is 10.1 Å². The molecular weight excluding hydrogens is 402 g/mol. The van der Waals surface area contributed by atoms with Crippen LogP contribution in [0.5, 0.6) is 0 Å². The molecule has 166 valence electrons. The summed E-state index contributed by atoms with van der Waals surface area (Å²) >= 11 is 0. The maximum absolute atomic E-state index is 12.8. The highest BCUT2D eigenvalue weighted by atomic mass is 32.2. The number of hydrogen-bond acceptors (Lipinski definition) is 5. The fourth-order valence-electron chi connectivity index (χ4n) is 5.81. The van der Waals surface area contributed by atoms with Gasteiger partial charge < -0.3 is 5.32 Å². The van der Waals surface area contributed by atoms with Gasteiger partial charge in [-0.25, -0.2) is 0 Å².